The van der Waals surface area contributed by atoms with Crippen LogP contribution in [-0.4, -0.2) is 31.6 Å². The van der Waals surface area contributed by atoms with Crippen LogP contribution in [0, 0.1) is 0 Å². The fourth-order valence-corrected chi connectivity index (χ4v) is 2.24. The van der Waals surface area contributed by atoms with Crippen molar-refractivity contribution in [2.24, 2.45) is 0 Å². The van der Waals surface area contributed by atoms with E-state index >= 15 is 0 Å². The Balaban J connectivity index is 1.63. The van der Waals surface area contributed by atoms with Crippen molar-refractivity contribution < 1.29 is 9.53 Å². The van der Waals surface area contributed by atoms with Gasteiger partial charge in [-0.15, -0.1) is 0 Å². The maximum absolute atomic E-state index is 11.9. The molecular weight excluding hydrogens is 240 g/mol. The molecule has 0 aliphatic carbocycles. The molecule has 1 amide bonds. The number of ether oxygens (including phenoxy) is 1. The van der Waals surface area contributed by atoms with Gasteiger partial charge >= 0.3 is 0 Å². The average molecular weight is 262 g/mol. The summed E-state index contributed by atoms with van der Waals surface area (Å²) in [6, 6.07) is 9.61. The van der Waals surface area contributed by atoms with Gasteiger partial charge in [-0.05, 0) is 31.5 Å². The maximum Gasteiger partial charge on any atom is 0.237 e. The van der Waals surface area contributed by atoms with Gasteiger partial charge in [0.1, 0.15) is 12.4 Å². The third-order valence-electron chi connectivity index (χ3n) is 3.29. The highest BCUT2D eigenvalue weighted by atomic mass is 16.5. The third kappa shape index (κ3) is 4.91. The Morgan fingerprint density at radius 1 is 1.26 bits per heavy atom. The van der Waals surface area contributed by atoms with Crippen LogP contribution in [0.25, 0.3) is 0 Å². The van der Waals surface area contributed by atoms with Gasteiger partial charge in [-0.2, -0.15) is 0 Å². The number of amides is 1. The van der Waals surface area contributed by atoms with E-state index < -0.39 is 0 Å². The van der Waals surface area contributed by atoms with Crippen LogP contribution in [0.2, 0.25) is 0 Å². The second-order valence-corrected chi connectivity index (χ2v) is 4.81. The summed E-state index contributed by atoms with van der Waals surface area (Å²) in [6.07, 6.45) is 4.45. The van der Waals surface area contributed by atoms with Crippen molar-refractivity contribution >= 4 is 5.91 Å². The summed E-state index contributed by atoms with van der Waals surface area (Å²) >= 11 is 0. The van der Waals surface area contributed by atoms with Gasteiger partial charge in [0.15, 0.2) is 0 Å². The molecule has 1 aromatic rings. The van der Waals surface area contributed by atoms with Gasteiger partial charge in [0.25, 0.3) is 0 Å². The zero-order valence-corrected chi connectivity index (χ0v) is 11.2. The van der Waals surface area contributed by atoms with Crippen LogP contribution in [0.1, 0.15) is 25.7 Å². The molecule has 1 heterocycles. The molecule has 0 saturated carbocycles. The van der Waals surface area contributed by atoms with Crippen LogP contribution in [-0.2, 0) is 4.79 Å². The molecular formula is C15H22N2O2. The number of hydrogen-bond acceptors (Lipinski definition) is 3. The molecule has 0 radical (unpaired) electrons. The van der Waals surface area contributed by atoms with Gasteiger partial charge in [-0.3, -0.25) is 4.79 Å². The highest BCUT2D eigenvalue weighted by molar-refractivity contribution is 5.81. The SMILES string of the molecule is O=C(NCCOc1ccccc1)C1CCCCCN1. The zero-order valence-electron chi connectivity index (χ0n) is 11.2. The quantitative estimate of drug-likeness (QED) is 0.794. The van der Waals surface area contributed by atoms with Crippen molar-refractivity contribution in [2.75, 3.05) is 19.7 Å². The van der Waals surface area contributed by atoms with Crippen molar-refractivity contribution in [2.45, 2.75) is 31.7 Å². The molecule has 4 heteroatoms. The first-order valence-corrected chi connectivity index (χ1v) is 7.05. The lowest BCUT2D eigenvalue weighted by atomic mass is 10.1. The van der Waals surface area contributed by atoms with Crippen molar-refractivity contribution in [3.05, 3.63) is 30.3 Å². The Labute approximate surface area is 114 Å². The fraction of sp³-hybridized carbons (Fsp3) is 0.533. The first-order valence-electron chi connectivity index (χ1n) is 7.05. The number of hydrogen-bond donors (Lipinski definition) is 2. The monoisotopic (exact) mass is 262 g/mol. The van der Waals surface area contributed by atoms with Crippen molar-refractivity contribution in [1.29, 1.82) is 0 Å². The average Bonchev–Trinajstić information content (AvgIpc) is 2.73. The summed E-state index contributed by atoms with van der Waals surface area (Å²) in [5, 5.41) is 6.21. The smallest absolute Gasteiger partial charge is 0.237 e. The summed E-state index contributed by atoms with van der Waals surface area (Å²) in [5.41, 5.74) is 0. The summed E-state index contributed by atoms with van der Waals surface area (Å²) in [6.45, 7) is 1.99. The molecule has 0 bridgehead atoms. The van der Waals surface area contributed by atoms with E-state index in [1.165, 1.54) is 12.8 Å². The molecule has 1 unspecified atom stereocenters. The van der Waals surface area contributed by atoms with Gasteiger partial charge < -0.3 is 15.4 Å². The van der Waals surface area contributed by atoms with Crippen LogP contribution >= 0.6 is 0 Å². The number of carbonyl (C=O) groups is 1. The van der Waals surface area contributed by atoms with E-state index in [2.05, 4.69) is 10.6 Å². The molecule has 0 spiro atoms. The van der Waals surface area contributed by atoms with Gasteiger partial charge in [-0.25, -0.2) is 0 Å². The highest BCUT2D eigenvalue weighted by Gasteiger charge is 2.18. The Morgan fingerprint density at radius 3 is 2.95 bits per heavy atom. The van der Waals surface area contributed by atoms with Crippen molar-refractivity contribution in [1.82, 2.24) is 10.6 Å². The van der Waals surface area contributed by atoms with E-state index in [1.807, 2.05) is 30.3 Å². The van der Waals surface area contributed by atoms with Gasteiger partial charge in [0, 0.05) is 0 Å². The molecule has 19 heavy (non-hydrogen) atoms. The Bertz CT molecular complexity index is 373. The third-order valence-corrected chi connectivity index (χ3v) is 3.29. The molecule has 1 atom stereocenters. The molecule has 1 saturated heterocycles. The summed E-state index contributed by atoms with van der Waals surface area (Å²) in [7, 11) is 0. The lowest BCUT2D eigenvalue weighted by Gasteiger charge is -2.15. The molecule has 4 nitrogen and oxygen atoms in total. The van der Waals surface area contributed by atoms with Gasteiger partial charge in [0.05, 0.1) is 12.6 Å². The van der Waals surface area contributed by atoms with E-state index in [0.29, 0.717) is 13.2 Å². The second-order valence-electron chi connectivity index (χ2n) is 4.81. The molecule has 2 rings (SSSR count). The standard InChI is InChI=1S/C15H22N2O2/c18-15(14-9-5-2-6-10-16-14)17-11-12-19-13-7-3-1-4-8-13/h1,3-4,7-8,14,16H,2,5-6,9-12H2,(H,17,18). The minimum Gasteiger partial charge on any atom is -0.492 e. The first kappa shape index (κ1) is 13.9. The van der Waals surface area contributed by atoms with E-state index in [9.17, 15) is 4.79 Å². The van der Waals surface area contributed by atoms with Gasteiger partial charge in [-0.1, -0.05) is 31.0 Å². The number of benzene rings is 1. The topological polar surface area (TPSA) is 50.4 Å². The second kappa shape index (κ2) is 7.79. The van der Waals surface area contributed by atoms with Gasteiger partial charge in [0.2, 0.25) is 5.91 Å². The molecule has 104 valence electrons. The van der Waals surface area contributed by atoms with Crippen molar-refractivity contribution in [3.63, 3.8) is 0 Å². The summed E-state index contributed by atoms with van der Waals surface area (Å²) < 4.78 is 5.53. The van der Waals surface area contributed by atoms with Crippen LogP contribution in [0.5, 0.6) is 5.75 Å². The Morgan fingerprint density at radius 2 is 2.11 bits per heavy atom. The van der Waals surface area contributed by atoms with Crippen molar-refractivity contribution in [3.8, 4) is 5.75 Å². The highest BCUT2D eigenvalue weighted by Crippen LogP contribution is 2.09. The van der Waals surface area contributed by atoms with E-state index in [0.717, 1.165) is 25.1 Å². The predicted molar refractivity (Wildman–Crippen MR) is 75.2 cm³/mol. The molecule has 1 aliphatic heterocycles. The molecule has 1 fully saturated rings. The van der Waals surface area contributed by atoms with E-state index in [4.69, 9.17) is 4.74 Å². The summed E-state index contributed by atoms with van der Waals surface area (Å²) in [5.74, 6) is 0.933. The number of rotatable bonds is 5. The Hall–Kier alpha value is -1.55. The molecule has 0 aromatic heterocycles. The van der Waals surface area contributed by atoms with E-state index in [1.54, 1.807) is 0 Å². The summed E-state index contributed by atoms with van der Waals surface area (Å²) in [4.78, 5) is 11.9. The largest absolute Gasteiger partial charge is 0.492 e. The fourth-order valence-electron chi connectivity index (χ4n) is 2.24. The zero-order chi connectivity index (χ0) is 13.3. The Kier molecular flexibility index (Phi) is 5.69. The minimum atomic E-state index is -0.0285. The van der Waals surface area contributed by atoms with Crippen LogP contribution < -0.4 is 15.4 Å². The first-order chi connectivity index (χ1) is 9.36. The van der Waals surface area contributed by atoms with Crippen LogP contribution in [0.4, 0.5) is 0 Å². The predicted octanol–water partition coefficient (Wildman–Crippen LogP) is 1.71. The van der Waals surface area contributed by atoms with Crippen LogP contribution in [0.3, 0.4) is 0 Å². The number of nitrogens with one attached hydrogen (secondary N) is 2. The normalized spacial score (nSPS) is 19.5. The number of carbonyl (C=O) groups excluding carboxylic acids is 1. The van der Waals surface area contributed by atoms with E-state index in [-0.39, 0.29) is 11.9 Å². The lowest BCUT2D eigenvalue weighted by Crippen LogP contribution is -2.44. The number of para-hydroxylation sites is 1. The molecule has 1 aliphatic rings. The lowest BCUT2D eigenvalue weighted by molar-refractivity contribution is -0.123. The maximum atomic E-state index is 11.9. The van der Waals surface area contributed by atoms with Crippen LogP contribution in [0.15, 0.2) is 30.3 Å². The molecule has 2 N–H and O–H groups in total. The minimum absolute atomic E-state index is 0.0285. The molecule has 1 aromatic carbocycles.